The summed E-state index contributed by atoms with van der Waals surface area (Å²) < 4.78 is 0.914. The van der Waals surface area contributed by atoms with Gasteiger partial charge in [0.1, 0.15) is 0 Å². The first-order valence-corrected chi connectivity index (χ1v) is 6.51. The number of pyridine rings is 2. The third kappa shape index (κ3) is 4.00. The Balaban J connectivity index is 0.000000138. The number of hydrogen-bond acceptors (Lipinski definition) is 4. The van der Waals surface area contributed by atoms with Gasteiger partial charge in [0, 0.05) is 29.3 Å². The molecule has 1 aliphatic carbocycles. The van der Waals surface area contributed by atoms with Crippen LogP contribution in [0.4, 0.5) is 11.4 Å². The molecule has 18 heavy (non-hydrogen) atoms. The Kier molecular flexibility index (Phi) is 4.15. The number of nitrogen functional groups attached to an aromatic ring is 2. The van der Waals surface area contributed by atoms with Crippen LogP contribution < -0.4 is 11.5 Å². The quantitative estimate of drug-likeness (QED) is 0.849. The fourth-order valence-electron chi connectivity index (χ4n) is 1.54. The second-order valence-corrected chi connectivity index (χ2v) is 5.18. The summed E-state index contributed by atoms with van der Waals surface area (Å²) in [5.74, 6) is 0.760. The van der Waals surface area contributed by atoms with E-state index in [4.69, 9.17) is 11.5 Å². The van der Waals surface area contributed by atoms with Crippen molar-refractivity contribution in [3.63, 3.8) is 0 Å². The molecule has 3 rings (SSSR count). The van der Waals surface area contributed by atoms with Gasteiger partial charge in [-0.05, 0) is 52.4 Å². The SMILES string of the molecule is Nc1cncc(Br)c1.Nc1cncc(C2CC2)c1. The number of aromatic nitrogens is 2. The zero-order valence-electron chi connectivity index (χ0n) is 9.88. The number of hydrogen-bond donors (Lipinski definition) is 2. The Morgan fingerprint density at radius 3 is 2.00 bits per heavy atom. The van der Waals surface area contributed by atoms with Gasteiger partial charge in [-0.2, -0.15) is 0 Å². The van der Waals surface area contributed by atoms with Crippen molar-refractivity contribution in [1.29, 1.82) is 0 Å². The number of halogens is 1. The largest absolute Gasteiger partial charge is 0.397 e. The Labute approximate surface area is 115 Å². The lowest BCUT2D eigenvalue weighted by atomic mass is 10.2. The van der Waals surface area contributed by atoms with Crippen molar-refractivity contribution in [2.24, 2.45) is 0 Å². The molecule has 0 amide bonds. The molecule has 5 heteroatoms. The molecule has 1 aliphatic rings. The predicted molar refractivity (Wildman–Crippen MR) is 77.0 cm³/mol. The molecule has 0 spiro atoms. The minimum Gasteiger partial charge on any atom is -0.397 e. The smallest absolute Gasteiger partial charge is 0.0511 e. The molecule has 0 unspecified atom stereocenters. The van der Waals surface area contributed by atoms with Gasteiger partial charge in [0.25, 0.3) is 0 Å². The molecule has 0 radical (unpaired) electrons. The van der Waals surface area contributed by atoms with Crippen LogP contribution in [0.5, 0.6) is 0 Å². The van der Waals surface area contributed by atoms with E-state index in [9.17, 15) is 0 Å². The molecule has 0 bridgehead atoms. The highest BCUT2D eigenvalue weighted by Crippen LogP contribution is 2.39. The van der Waals surface area contributed by atoms with Crippen LogP contribution in [-0.2, 0) is 0 Å². The van der Waals surface area contributed by atoms with Gasteiger partial charge in [-0.15, -0.1) is 0 Å². The van der Waals surface area contributed by atoms with E-state index in [1.807, 2.05) is 12.3 Å². The Bertz CT molecular complexity index is 509. The maximum absolute atomic E-state index is 5.56. The molecule has 94 valence electrons. The van der Waals surface area contributed by atoms with Crippen molar-refractivity contribution in [3.8, 4) is 0 Å². The van der Waals surface area contributed by atoms with Gasteiger partial charge in [-0.3, -0.25) is 9.97 Å². The molecule has 0 atom stereocenters. The van der Waals surface area contributed by atoms with E-state index in [0.29, 0.717) is 5.69 Å². The average Bonchev–Trinajstić information content (AvgIpc) is 3.13. The Morgan fingerprint density at radius 2 is 1.56 bits per heavy atom. The van der Waals surface area contributed by atoms with E-state index in [-0.39, 0.29) is 0 Å². The van der Waals surface area contributed by atoms with Gasteiger partial charge >= 0.3 is 0 Å². The van der Waals surface area contributed by atoms with Crippen LogP contribution in [0.1, 0.15) is 24.3 Å². The maximum atomic E-state index is 5.56. The van der Waals surface area contributed by atoms with Crippen molar-refractivity contribution >= 4 is 27.3 Å². The summed E-state index contributed by atoms with van der Waals surface area (Å²) in [7, 11) is 0. The highest BCUT2D eigenvalue weighted by atomic mass is 79.9. The van der Waals surface area contributed by atoms with E-state index in [0.717, 1.165) is 16.1 Å². The molecular formula is C13H15BrN4. The van der Waals surface area contributed by atoms with E-state index >= 15 is 0 Å². The summed E-state index contributed by atoms with van der Waals surface area (Å²) in [5.41, 5.74) is 13.7. The van der Waals surface area contributed by atoms with Crippen LogP contribution >= 0.6 is 15.9 Å². The fraction of sp³-hybridized carbons (Fsp3) is 0.231. The van der Waals surface area contributed by atoms with Crippen molar-refractivity contribution in [2.45, 2.75) is 18.8 Å². The van der Waals surface area contributed by atoms with Crippen molar-refractivity contribution < 1.29 is 0 Å². The van der Waals surface area contributed by atoms with Crippen molar-refractivity contribution in [3.05, 3.63) is 47.0 Å². The minimum atomic E-state index is 0.680. The van der Waals surface area contributed by atoms with Crippen molar-refractivity contribution in [2.75, 3.05) is 11.5 Å². The maximum Gasteiger partial charge on any atom is 0.0511 e. The third-order valence-electron chi connectivity index (χ3n) is 2.56. The van der Waals surface area contributed by atoms with Gasteiger partial charge in [-0.1, -0.05) is 0 Å². The van der Waals surface area contributed by atoms with Crippen LogP contribution in [-0.4, -0.2) is 9.97 Å². The molecule has 2 aromatic rings. The zero-order chi connectivity index (χ0) is 13.0. The van der Waals surface area contributed by atoms with Gasteiger partial charge in [0.15, 0.2) is 0 Å². The topological polar surface area (TPSA) is 77.8 Å². The van der Waals surface area contributed by atoms with E-state index < -0.39 is 0 Å². The van der Waals surface area contributed by atoms with E-state index in [1.165, 1.54) is 18.4 Å². The lowest BCUT2D eigenvalue weighted by Gasteiger charge is -1.96. The van der Waals surface area contributed by atoms with Crippen molar-refractivity contribution in [1.82, 2.24) is 9.97 Å². The Morgan fingerprint density at radius 1 is 0.944 bits per heavy atom. The van der Waals surface area contributed by atoms with Crippen LogP contribution in [0.15, 0.2) is 41.4 Å². The highest BCUT2D eigenvalue weighted by Gasteiger charge is 2.23. The second kappa shape index (κ2) is 5.82. The average molecular weight is 307 g/mol. The first-order chi connectivity index (χ1) is 8.65. The summed E-state index contributed by atoms with van der Waals surface area (Å²) >= 11 is 3.22. The number of rotatable bonds is 1. The molecule has 2 aromatic heterocycles. The molecular weight excluding hydrogens is 292 g/mol. The molecule has 0 saturated heterocycles. The summed E-state index contributed by atoms with van der Waals surface area (Å²) in [4.78, 5) is 7.83. The normalized spacial score (nSPS) is 13.6. The lowest BCUT2D eigenvalue weighted by molar-refractivity contribution is 1.10. The van der Waals surface area contributed by atoms with Crippen LogP contribution in [0, 0.1) is 0 Å². The molecule has 0 aromatic carbocycles. The summed E-state index contributed by atoms with van der Waals surface area (Å²) in [6.07, 6.45) is 9.51. The predicted octanol–water partition coefficient (Wildman–Crippen LogP) is 2.97. The first-order valence-electron chi connectivity index (χ1n) is 5.71. The summed E-state index contributed by atoms with van der Waals surface area (Å²) in [5, 5.41) is 0. The number of anilines is 2. The fourth-order valence-corrected chi connectivity index (χ4v) is 1.93. The minimum absolute atomic E-state index is 0.680. The summed E-state index contributed by atoms with van der Waals surface area (Å²) in [6, 6.07) is 3.82. The molecule has 1 saturated carbocycles. The van der Waals surface area contributed by atoms with Crippen LogP contribution in [0.2, 0.25) is 0 Å². The lowest BCUT2D eigenvalue weighted by Crippen LogP contribution is -1.88. The van der Waals surface area contributed by atoms with E-state index in [2.05, 4.69) is 25.9 Å². The van der Waals surface area contributed by atoms with Gasteiger partial charge in [0.05, 0.1) is 11.4 Å². The highest BCUT2D eigenvalue weighted by molar-refractivity contribution is 9.10. The standard InChI is InChI=1S/C8H10N2.C5H5BrN2/c9-8-3-7(4-10-5-8)6-1-2-6;6-4-1-5(7)3-8-2-4/h3-6H,1-2,9H2;1-3H,7H2. The van der Waals surface area contributed by atoms with Crippen LogP contribution in [0.3, 0.4) is 0 Å². The van der Waals surface area contributed by atoms with Gasteiger partial charge < -0.3 is 11.5 Å². The van der Waals surface area contributed by atoms with Crippen LogP contribution in [0.25, 0.3) is 0 Å². The molecule has 4 nitrogen and oxygen atoms in total. The van der Waals surface area contributed by atoms with E-state index in [1.54, 1.807) is 24.7 Å². The number of nitrogens with zero attached hydrogens (tertiary/aromatic N) is 2. The zero-order valence-corrected chi connectivity index (χ0v) is 11.5. The second-order valence-electron chi connectivity index (χ2n) is 4.26. The summed E-state index contributed by atoms with van der Waals surface area (Å²) in [6.45, 7) is 0. The molecule has 1 fully saturated rings. The molecule has 4 N–H and O–H groups in total. The molecule has 2 heterocycles. The monoisotopic (exact) mass is 306 g/mol. The molecule has 0 aliphatic heterocycles. The van der Waals surface area contributed by atoms with Gasteiger partial charge in [-0.25, -0.2) is 0 Å². The number of nitrogens with two attached hydrogens (primary N) is 2. The third-order valence-corrected chi connectivity index (χ3v) is 2.99. The van der Waals surface area contributed by atoms with Gasteiger partial charge in [0.2, 0.25) is 0 Å². The Hall–Kier alpha value is -1.62. The first kappa shape index (κ1) is 12.8.